The van der Waals surface area contributed by atoms with Crippen LogP contribution in [0.1, 0.15) is 12.8 Å². The van der Waals surface area contributed by atoms with Gasteiger partial charge in [0.1, 0.15) is 6.61 Å². The third kappa shape index (κ3) is 2.93. The first-order valence-electron chi connectivity index (χ1n) is 4.02. The molecule has 76 valence electrons. The van der Waals surface area contributed by atoms with E-state index in [1.165, 1.54) is 12.3 Å². The third-order valence-corrected chi connectivity index (χ3v) is 1.78. The fourth-order valence-electron chi connectivity index (χ4n) is 1.18. The molecule has 0 atom stereocenters. The predicted octanol–water partition coefficient (Wildman–Crippen LogP) is 0.776. The van der Waals surface area contributed by atoms with Gasteiger partial charge in [-0.05, 0) is 17.2 Å². The largest absolute Gasteiger partial charge is 0.497 e. The highest BCUT2D eigenvalue weighted by atomic mass is 16.5. The van der Waals surface area contributed by atoms with Crippen molar-refractivity contribution in [2.24, 2.45) is 0 Å². The van der Waals surface area contributed by atoms with Crippen molar-refractivity contribution >= 4 is 11.9 Å². The lowest BCUT2D eigenvalue weighted by molar-refractivity contribution is -0.137. The number of hydrogen-bond acceptors (Lipinski definition) is 3. The fraction of sp³-hybridized carbons (Fsp3) is 0.333. The molecule has 0 unspecified atom stereocenters. The van der Waals surface area contributed by atoms with Gasteiger partial charge in [0, 0.05) is 0 Å². The molecule has 5 heteroatoms. The number of carboxylic acids is 2. The van der Waals surface area contributed by atoms with Gasteiger partial charge in [-0.2, -0.15) is 0 Å². The fourth-order valence-corrected chi connectivity index (χ4v) is 1.18. The van der Waals surface area contributed by atoms with Gasteiger partial charge in [-0.3, -0.25) is 9.59 Å². The van der Waals surface area contributed by atoms with E-state index in [9.17, 15) is 9.59 Å². The molecular weight excluding hydrogens is 188 g/mol. The molecule has 0 spiro atoms. The van der Waals surface area contributed by atoms with Gasteiger partial charge in [-0.1, -0.05) is 0 Å². The number of carboxylic acid groups (broad SMARTS) is 2. The van der Waals surface area contributed by atoms with E-state index in [0.717, 1.165) is 0 Å². The molecule has 0 saturated heterocycles. The van der Waals surface area contributed by atoms with Gasteiger partial charge in [-0.25, -0.2) is 0 Å². The third-order valence-electron chi connectivity index (χ3n) is 1.78. The second-order valence-electron chi connectivity index (χ2n) is 2.88. The van der Waals surface area contributed by atoms with Gasteiger partial charge < -0.3 is 14.9 Å². The predicted molar refractivity (Wildman–Crippen MR) is 46.6 cm³/mol. The summed E-state index contributed by atoms with van der Waals surface area (Å²) in [5.74, 6) is -1.96. The van der Waals surface area contributed by atoms with Crippen LogP contribution in [0.5, 0.6) is 0 Å². The van der Waals surface area contributed by atoms with E-state index >= 15 is 0 Å². The molecular formula is C9H10O5. The zero-order valence-electron chi connectivity index (χ0n) is 7.40. The zero-order valence-corrected chi connectivity index (χ0v) is 7.40. The Bertz CT molecular complexity index is 313. The van der Waals surface area contributed by atoms with E-state index in [0.29, 0.717) is 11.1 Å². The quantitative estimate of drug-likeness (QED) is 0.697. The summed E-state index contributed by atoms with van der Waals surface area (Å²) >= 11 is 0. The molecule has 1 rings (SSSR count). The maximum Gasteiger partial charge on any atom is 0.307 e. The van der Waals surface area contributed by atoms with Gasteiger partial charge in [0.25, 0.3) is 0 Å². The van der Waals surface area contributed by atoms with Crippen molar-refractivity contribution in [2.75, 3.05) is 6.61 Å². The molecule has 5 nitrogen and oxygen atoms in total. The first-order chi connectivity index (χ1) is 6.59. The molecule has 0 aromatic heterocycles. The van der Waals surface area contributed by atoms with Crippen molar-refractivity contribution < 1.29 is 24.5 Å². The minimum absolute atomic E-state index is 0.158. The van der Waals surface area contributed by atoms with Gasteiger partial charge in [0.2, 0.25) is 0 Å². The number of aliphatic carboxylic acids is 2. The van der Waals surface area contributed by atoms with Gasteiger partial charge in [-0.15, -0.1) is 0 Å². The Labute approximate surface area is 80.3 Å². The average molecular weight is 198 g/mol. The van der Waals surface area contributed by atoms with E-state index in [4.69, 9.17) is 14.9 Å². The molecule has 1 aliphatic heterocycles. The molecule has 0 saturated carbocycles. The molecule has 1 heterocycles. The summed E-state index contributed by atoms with van der Waals surface area (Å²) in [5, 5.41) is 17.1. The zero-order chi connectivity index (χ0) is 10.6. The summed E-state index contributed by atoms with van der Waals surface area (Å²) in [6, 6.07) is 0. The molecule has 14 heavy (non-hydrogen) atoms. The smallest absolute Gasteiger partial charge is 0.307 e. The molecule has 0 aromatic carbocycles. The summed E-state index contributed by atoms with van der Waals surface area (Å²) in [4.78, 5) is 20.9. The van der Waals surface area contributed by atoms with Crippen LogP contribution in [-0.4, -0.2) is 28.8 Å². The first-order valence-corrected chi connectivity index (χ1v) is 4.02. The van der Waals surface area contributed by atoms with Crippen molar-refractivity contribution in [2.45, 2.75) is 12.8 Å². The SMILES string of the molecule is O=C(O)CC1=C(CC(=O)O)COC=C1. The molecule has 0 amide bonds. The van der Waals surface area contributed by atoms with Crippen molar-refractivity contribution in [3.63, 3.8) is 0 Å². The number of ether oxygens (including phenoxy) is 1. The van der Waals surface area contributed by atoms with Crippen molar-refractivity contribution in [3.05, 3.63) is 23.5 Å². The summed E-state index contributed by atoms with van der Waals surface area (Å²) in [7, 11) is 0. The van der Waals surface area contributed by atoms with Crippen LogP contribution in [0.25, 0.3) is 0 Å². The number of hydrogen-bond donors (Lipinski definition) is 2. The highest BCUT2D eigenvalue weighted by molar-refractivity contribution is 5.74. The molecule has 0 radical (unpaired) electrons. The first kappa shape index (κ1) is 10.3. The lowest BCUT2D eigenvalue weighted by Gasteiger charge is -2.13. The van der Waals surface area contributed by atoms with Gasteiger partial charge in [0.15, 0.2) is 0 Å². The van der Waals surface area contributed by atoms with Crippen molar-refractivity contribution in [1.82, 2.24) is 0 Å². The van der Waals surface area contributed by atoms with Crippen molar-refractivity contribution in [1.29, 1.82) is 0 Å². The molecule has 0 fully saturated rings. The minimum atomic E-state index is -0.984. The second-order valence-corrected chi connectivity index (χ2v) is 2.88. The Morgan fingerprint density at radius 1 is 1.29 bits per heavy atom. The average Bonchev–Trinajstić information content (AvgIpc) is 2.06. The van der Waals surface area contributed by atoms with E-state index < -0.39 is 11.9 Å². The molecule has 1 aliphatic rings. The molecule has 0 aliphatic carbocycles. The van der Waals surface area contributed by atoms with E-state index in [1.54, 1.807) is 0 Å². The van der Waals surface area contributed by atoms with Crippen LogP contribution < -0.4 is 0 Å². The Morgan fingerprint density at radius 2 is 1.93 bits per heavy atom. The second kappa shape index (κ2) is 4.45. The lowest BCUT2D eigenvalue weighted by atomic mass is 10.0. The Kier molecular flexibility index (Phi) is 3.28. The van der Waals surface area contributed by atoms with Crippen LogP contribution in [0.3, 0.4) is 0 Å². The van der Waals surface area contributed by atoms with E-state index in [2.05, 4.69) is 0 Å². The van der Waals surface area contributed by atoms with Crippen LogP contribution in [0, 0.1) is 0 Å². The molecule has 0 bridgehead atoms. The van der Waals surface area contributed by atoms with Gasteiger partial charge >= 0.3 is 11.9 Å². The lowest BCUT2D eigenvalue weighted by Crippen LogP contribution is -2.10. The Morgan fingerprint density at radius 3 is 2.50 bits per heavy atom. The van der Waals surface area contributed by atoms with Crippen molar-refractivity contribution in [3.8, 4) is 0 Å². The summed E-state index contributed by atoms with van der Waals surface area (Å²) in [6.45, 7) is 0.158. The van der Waals surface area contributed by atoms with Crippen LogP contribution in [-0.2, 0) is 14.3 Å². The summed E-state index contributed by atoms with van der Waals surface area (Å²) in [5.41, 5.74) is 1.04. The number of allylic oxidation sites excluding steroid dienone is 1. The highest BCUT2D eigenvalue weighted by Gasteiger charge is 2.14. The maximum atomic E-state index is 10.4. The van der Waals surface area contributed by atoms with E-state index in [-0.39, 0.29) is 19.4 Å². The van der Waals surface area contributed by atoms with Crippen LogP contribution in [0.2, 0.25) is 0 Å². The Hall–Kier alpha value is -1.78. The van der Waals surface area contributed by atoms with Gasteiger partial charge in [0.05, 0.1) is 19.1 Å². The number of rotatable bonds is 4. The maximum absolute atomic E-state index is 10.4. The van der Waals surface area contributed by atoms with E-state index in [1.807, 2.05) is 0 Å². The summed E-state index contributed by atoms with van der Waals surface area (Å²) < 4.78 is 4.90. The highest BCUT2D eigenvalue weighted by Crippen LogP contribution is 2.18. The van der Waals surface area contributed by atoms with Crippen LogP contribution >= 0.6 is 0 Å². The normalized spacial score (nSPS) is 15.1. The standard InChI is InChI=1S/C9H10O5/c10-8(11)3-6-1-2-14-5-7(6)4-9(12)13/h1-2H,3-5H2,(H,10,11)(H,12,13). The van der Waals surface area contributed by atoms with Crippen LogP contribution in [0.4, 0.5) is 0 Å². The minimum Gasteiger partial charge on any atom is -0.497 e. The topological polar surface area (TPSA) is 83.8 Å². The Balaban J connectivity index is 2.80. The molecule has 2 N–H and O–H groups in total. The number of carbonyl (C=O) groups is 2. The van der Waals surface area contributed by atoms with Crippen LogP contribution in [0.15, 0.2) is 23.5 Å². The summed E-state index contributed by atoms with van der Waals surface area (Å²) in [6.07, 6.45) is 2.54. The monoisotopic (exact) mass is 198 g/mol. The molecule has 0 aromatic rings.